The van der Waals surface area contributed by atoms with Gasteiger partial charge in [0, 0.05) is 35.4 Å². The van der Waals surface area contributed by atoms with Crippen LogP contribution in [0.4, 0.5) is 11.5 Å². The van der Waals surface area contributed by atoms with E-state index < -0.39 is 10.8 Å². The van der Waals surface area contributed by atoms with Gasteiger partial charge in [-0.05, 0) is 19.3 Å². The molecule has 0 aliphatic carbocycles. The lowest BCUT2D eigenvalue weighted by Crippen LogP contribution is -2.30. The van der Waals surface area contributed by atoms with E-state index in [1.807, 2.05) is 11.7 Å². The molecule has 2 rings (SSSR count). The van der Waals surface area contributed by atoms with Crippen LogP contribution < -0.4 is 11.1 Å². The molecule has 0 aromatic carbocycles. The number of nitrogens with zero attached hydrogens (tertiary/aromatic N) is 2. The van der Waals surface area contributed by atoms with Crippen LogP contribution in [0.5, 0.6) is 0 Å². The first-order valence-corrected chi connectivity index (χ1v) is 8.03. The van der Waals surface area contributed by atoms with Crippen molar-refractivity contribution in [2.24, 2.45) is 7.05 Å². The summed E-state index contributed by atoms with van der Waals surface area (Å²) in [6, 6.07) is 0.370. The van der Waals surface area contributed by atoms with Crippen LogP contribution in [0.2, 0.25) is 0 Å². The SMILES string of the molecule is CCCc1nn(C)c(NC2CCS(=O)CC2)c1N. The molecule has 0 spiro atoms. The van der Waals surface area contributed by atoms with Crippen LogP contribution in [0, 0.1) is 0 Å². The van der Waals surface area contributed by atoms with Crippen LogP contribution in [-0.4, -0.2) is 31.5 Å². The van der Waals surface area contributed by atoms with Gasteiger partial charge in [-0.2, -0.15) is 5.10 Å². The van der Waals surface area contributed by atoms with Gasteiger partial charge in [0.05, 0.1) is 11.4 Å². The lowest BCUT2D eigenvalue weighted by atomic mass is 10.1. The second kappa shape index (κ2) is 5.73. The first-order valence-electron chi connectivity index (χ1n) is 6.54. The van der Waals surface area contributed by atoms with Crippen LogP contribution in [0.3, 0.4) is 0 Å². The molecule has 18 heavy (non-hydrogen) atoms. The zero-order valence-electron chi connectivity index (χ0n) is 11.1. The highest BCUT2D eigenvalue weighted by molar-refractivity contribution is 7.85. The van der Waals surface area contributed by atoms with Crippen LogP contribution in [0.25, 0.3) is 0 Å². The molecule has 1 aromatic heterocycles. The van der Waals surface area contributed by atoms with Gasteiger partial charge < -0.3 is 11.1 Å². The molecular formula is C12H22N4OS. The van der Waals surface area contributed by atoms with Gasteiger partial charge in [-0.3, -0.25) is 8.89 Å². The Morgan fingerprint density at radius 1 is 1.50 bits per heavy atom. The number of aryl methyl sites for hydroxylation is 2. The molecule has 0 saturated carbocycles. The van der Waals surface area contributed by atoms with Crippen molar-refractivity contribution in [2.45, 2.75) is 38.6 Å². The fourth-order valence-corrected chi connectivity index (χ4v) is 3.62. The van der Waals surface area contributed by atoms with E-state index in [2.05, 4.69) is 17.3 Å². The molecule has 2 heterocycles. The first kappa shape index (κ1) is 13.4. The lowest BCUT2D eigenvalue weighted by Gasteiger charge is -2.23. The highest BCUT2D eigenvalue weighted by atomic mass is 32.2. The molecule has 1 aromatic rings. The normalized spacial score (nSPS) is 24.1. The van der Waals surface area contributed by atoms with E-state index in [4.69, 9.17) is 5.73 Å². The molecule has 1 aliphatic heterocycles. The molecule has 0 bridgehead atoms. The quantitative estimate of drug-likeness (QED) is 0.864. The van der Waals surface area contributed by atoms with E-state index in [0.717, 1.165) is 54.4 Å². The summed E-state index contributed by atoms with van der Waals surface area (Å²) < 4.78 is 13.2. The monoisotopic (exact) mass is 270 g/mol. The molecule has 6 heteroatoms. The number of hydrogen-bond acceptors (Lipinski definition) is 4. The summed E-state index contributed by atoms with van der Waals surface area (Å²) in [6.07, 6.45) is 3.85. The number of nitrogen functional groups attached to an aromatic ring is 1. The van der Waals surface area contributed by atoms with Crippen molar-refractivity contribution in [3.8, 4) is 0 Å². The zero-order chi connectivity index (χ0) is 13.1. The van der Waals surface area contributed by atoms with Gasteiger partial charge in [0.1, 0.15) is 5.82 Å². The third-order valence-corrected chi connectivity index (χ3v) is 4.76. The van der Waals surface area contributed by atoms with Crippen molar-refractivity contribution in [1.82, 2.24) is 9.78 Å². The molecule has 0 radical (unpaired) electrons. The standard InChI is InChI=1S/C12H22N4OS/c1-3-4-10-11(13)12(16(2)15-10)14-9-5-7-18(17)8-6-9/h9,14H,3-8,13H2,1-2H3. The fraction of sp³-hybridized carbons (Fsp3) is 0.750. The minimum absolute atomic E-state index is 0.370. The summed E-state index contributed by atoms with van der Waals surface area (Å²) in [5, 5.41) is 7.91. The van der Waals surface area contributed by atoms with Crippen molar-refractivity contribution in [2.75, 3.05) is 22.6 Å². The predicted molar refractivity (Wildman–Crippen MR) is 76.1 cm³/mol. The van der Waals surface area contributed by atoms with Crippen LogP contribution in [0.15, 0.2) is 0 Å². The highest BCUT2D eigenvalue weighted by Crippen LogP contribution is 2.25. The van der Waals surface area contributed by atoms with E-state index in [1.165, 1.54) is 0 Å². The number of hydrogen-bond donors (Lipinski definition) is 2. The van der Waals surface area contributed by atoms with Gasteiger partial charge in [0.2, 0.25) is 0 Å². The average Bonchev–Trinajstić information content (AvgIpc) is 2.60. The summed E-state index contributed by atoms with van der Waals surface area (Å²) in [6.45, 7) is 2.12. The number of anilines is 2. The minimum atomic E-state index is -0.621. The van der Waals surface area contributed by atoms with E-state index in [1.54, 1.807) is 0 Å². The topological polar surface area (TPSA) is 72.9 Å². The minimum Gasteiger partial charge on any atom is -0.394 e. The van der Waals surface area contributed by atoms with Gasteiger partial charge in [-0.15, -0.1) is 0 Å². The Labute approximate surface area is 111 Å². The van der Waals surface area contributed by atoms with E-state index >= 15 is 0 Å². The molecule has 1 aliphatic rings. The van der Waals surface area contributed by atoms with Crippen molar-refractivity contribution in [3.63, 3.8) is 0 Å². The van der Waals surface area contributed by atoms with Crippen molar-refractivity contribution in [3.05, 3.63) is 5.69 Å². The molecule has 0 unspecified atom stereocenters. The average molecular weight is 270 g/mol. The molecule has 102 valence electrons. The molecule has 1 fully saturated rings. The Morgan fingerprint density at radius 2 is 2.17 bits per heavy atom. The maximum atomic E-state index is 11.3. The maximum Gasteiger partial charge on any atom is 0.147 e. The van der Waals surface area contributed by atoms with Gasteiger partial charge in [-0.25, -0.2) is 0 Å². The Hall–Kier alpha value is -1.04. The second-order valence-electron chi connectivity index (χ2n) is 4.85. The third-order valence-electron chi connectivity index (χ3n) is 3.38. The molecule has 0 amide bonds. The summed E-state index contributed by atoms with van der Waals surface area (Å²) in [5.74, 6) is 2.49. The molecule has 0 atom stereocenters. The molecule has 3 N–H and O–H groups in total. The van der Waals surface area contributed by atoms with Gasteiger partial charge >= 0.3 is 0 Å². The summed E-state index contributed by atoms with van der Waals surface area (Å²) >= 11 is 0. The largest absolute Gasteiger partial charge is 0.394 e. The van der Waals surface area contributed by atoms with E-state index in [9.17, 15) is 4.21 Å². The van der Waals surface area contributed by atoms with Gasteiger partial charge in [0.25, 0.3) is 0 Å². The van der Waals surface area contributed by atoms with Gasteiger partial charge in [0.15, 0.2) is 0 Å². The van der Waals surface area contributed by atoms with E-state index in [0.29, 0.717) is 6.04 Å². The third kappa shape index (κ3) is 2.85. The first-order chi connectivity index (χ1) is 8.61. The molecular weight excluding hydrogens is 248 g/mol. The summed E-state index contributed by atoms with van der Waals surface area (Å²) in [7, 11) is 1.29. The summed E-state index contributed by atoms with van der Waals surface area (Å²) in [5.41, 5.74) is 7.87. The highest BCUT2D eigenvalue weighted by Gasteiger charge is 2.21. The zero-order valence-corrected chi connectivity index (χ0v) is 11.9. The Kier molecular flexibility index (Phi) is 4.27. The number of aromatic nitrogens is 2. The lowest BCUT2D eigenvalue weighted by molar-refractivity contribution is 0.616. The Morgan fingerprint density at radius 3 is 2.78 bits per heavy atom. The predicted octanol–water partition coefficient (Wildman–Crippen LogP) is 1.28. The fourth-order valence-electron chi connectivity index (χ4n) is 2.32. The number of nitrogens with one attached hydrogen (secondary N) is 1. The van der Waals surface area contributed by atoms with E-state index in [-0.39, 0.29) is 0 Å². The van der Waals surface area contributed by atoms with Gasteiger partial charge in [-0.1, -0.05) is 13.3 Å². The maximum absolute atomic E-state index is 11.3. The Balaban J connectivity index is 2.06. The molecule has 5 nitrogen and oxygen atoms in total. The van der Waals surface area contributed by atoms with Crippen molar-refractivity contribution < 1.29 is 4.21 Å². The van der Waals surface area contributed by atoms with Crippen LogP contribution >= 0.6 is 0 Å². The summed E-state index contributed by atoms with van der Waals surface area (Å²) in [4.78, 5) is 0. The van der Waals surface area contributed by atoms with Crippen molar-refractivity contribution in [1.29, 1.82) is 0 Å². The number of rotatable bonds is 4. The Bertz CT molecular complexity index is 434. The smallest absolute Gasteiger partial charge is 0.147 e. The molecule has 1 saturated heterocycles. The second-order valence-corrected chi connectivity index (χ2v) is 6.55. The van der Waals surface area contributed by atoms with Crippen LogP contribution in [0.1, 0.15) is 31.9 Å². The van der Waals surface area contributed by atoms with Crippen LogP contribution in [-0.2, 0) is 24.3 Å². The van der Waals surface area contributed by atoms with Crippen molar-refractivity contribution >= 4 is 22.3 Å². The number of nitrogens with two attached hydrogens (primary N) is 1.